The molecule has 0 spiro atoms. The first-order valence-corrected chi connectivity index (χ1v) is 2.02. The van der Waals surface area contributed by atoms with E-state index in [4.69, 9.17) is 5.26 Å². The van der Waals surface area contributed by atoms with Crippen molar-refractivity contribution in [3.63, 3.8) is 0 Å². The molecule has 7 heavy (non-hydrogen) atoms. The molecule has 0 aromatic rings. The van der Waals surface area contributed by atoms with E-state index >= 15 is 0 Å². The quantitative estimate of drug-likeness (QED) is 0.448. The molecule has 3 heteroatoms. The van der Waals surface area contributed by atoms with Crippen molar-refractivity contribution in [2.45, 2.75) is 6.04 Å². The van der Waals surface area contributed by atoms with Crippen molar-refractivity contribution < 1.29 is 4.74 Å². The summed E-state index contributed by atoms with van der Waals surface area (Å²) >= 11 is 0. The van der Waals surface area contributed by atoms with Crippen LogP contribution >= 0.6 is 0 Å². The highest BCUT2D eigenvalue weighted by atomic mass is 16.5. The predicted octanol–water partition coefficient (Wildman–Crippen LogP) is -0.382. The molecule has 0 aromatic carbocycles. The molecule has 0 aliphatic carbocycles. The van der Waals surface area contributed by atoms with E-state index in [1.54, 1.807) is 0 Å². The molecule has 1 rings (SSSR count). The maximum atomic E-state index is 8.15. The van der Waals surface area contributed by atoms with Crippen LogP contribution in [0.5, 0.6) is 0 Å². The van der Waals surface area contributed by atoms with Gasteiger partial charge in [-0.15, -0.1) is 0 Å². The van der Waals surface area contributed by atoms with Crippen molar-refractivity contribution in [3.05, 3.63) is 6.73 Å². The topological polar surface area (TPSA) is 45.0 Å². The van der Waals surface area contributed by atoms with E-state index in [1.807, 2.05) is 6.07 Å². The van der Waals surface area contributed by atoms with Crippen LogP contribution in [0.15, 0.2) is 0 Å². The monoisotopic (exact) mass is 97.0 g/mol. The average molecular weight is 97.1 g/mol. The highest BCUT2D eigenvalue weighted by Crippen LogP contribution is 1.93. The SMILES string of the molecule is N#CC1CO[CH]N1. The zero-order valence-electron chi connectivity index (χ0n) is 3.72. The molecule has 37 valence electrons. The summed E-state index contributed by atoms with van der Waals surface area (Å²) in [7, 11) is 0. The standard InChI is InChI=1S/C4H5N2O/c5-1-4-2-7-3-6-4/h3-4,6H,2H2. The summed E-state index contributed by atoms with van der Waals surface area (Å²) in [6.07, 6.45) is 0. The van der Waals surface area contributed by atoms with Crippen molar-refractivity contribution >= 4 is 0 Å². The minimum atomic E-state index is -0.125. The second-order valence-corrected chi connectivity index (χ2v) is 1.30. The van der Waals surface area contributed by atoms with Gasteiger partial charge in [-0.1, -0.05) is 0 Å². The number of rotatable bonds is 0. The fourth-order valence-corrected chi connectivity index (χ4v) is 0.397. The summed E-state index contributed by atoms with van der Waals surface area (Å²) in [5.41, 5.74) is 0. The number of hydrogen-bond donors (Lipinski definition) is 1. The zero-order chi connectivity index (χ0) is 5.11. The molecular weight excluding hydrogens is 92.1 g/mol. The summed E-state index contributed by atoms with van der Waals surface area (Å²) in [6, 6.07) is 1.87. The molecule has 3 nitrogen and oxygen atoms in total. The lowest BCUT2D eigenvalue weighted by atomic mass is 10.4. The minimum absolute atomic E-state index is 0.125. The van der Waals surface area contributed by atoms with Gasteiger partial charge < -0.3 is 4.74 Å². The molecule has 0 saturated carbocycles. The molecule has 1 unspecified atom stereocenters. The Labute approximate surface area is 41.9 Å². The smallest absolute Gasteiger partial charge is 0.149 e. The lowest BCUT2D eigenvalue weighted by molar-refractivity contribution is 0.251. The van der Waals surface area contributed by atoms with Gasteiger partial charge in [-0.3, -0.25) is 5.32 Å². The third-order valence-electron chi connectivity index (χ3n) is 0.771. The zero-order valence-corrected chi connectivity index (χ0v) is 3.72. The Hall–Kier alpha value is -0.590. The molecule has 1 fully saturated rings. The van der Waals surface area contributed by atoms with Crippen molar-refractivity contribution in [3.8, 4) is 6.07 Å². The summed E-state index contributed by atoms with van der Waals surface area (Å²) in [5.74, 6) is 0. The fourth-order valence-electron chi connectivity index (χ4n) is 0.397. The van der Waals surface area contributed by atoms with E-state index in [9.17, 15) is 0 Å². The molecule has 1 atom stereocenters. The largest absolute Gasteiger partial charge is 0.356 e. The van der Waals surface area contributed by atoms with E-state index < -0.39 is 0 Å². The molecule has 1 radical (unpaired) electrons. The Morgan fingerprint density at radius 3 is 3.14 bits per heavy atom. The third-order valence-corrected chi connectivity index (χ3v) is 0.771. The van der Waals surface area contributed by atoms with Gasteiger partial charge in [0, 0.05) is 0 Å². The van der Waals surface area contributed by atoms with Gasteiger partial charge in [0.2, 0.25) is 0 Å². The van der Waals surface area contributed by atoms with Crippen LogP contribution in [0.3, 0.4) is 0 Å². The normalized spacial score (nSPS) is 29.9. The van der Waals surface area contributed by atoms with Gasteiger partial charge in [0.1, 0.15) is 12.8 Å². The van der Waals surface area contributed by atoms with E-state index in [0.717, 1.165) is 0 Å². The van der Waals surface area contributed by atoms with E-state index in [0.29, 0.717) is 6.61 Å². The van der Waals surface area contributed by atoms with Gasteiger partial charge in [0.15, 0.2) is 0 Å². The van der Waals surface area contributed by atoms with E-state index in [-0.39, 0.29) is 6.04 Å². The van der Waals surface area contributed by atoms with Gasteiger partial charge >= 0.3 is 0 Å². The molecule has 0 bridgehead atoms. The lowest BCUT2D eigenvalue weighted by Gasteiger charge is -1.87. The third kappa shape index (κ3) is 0.889. The van der Waals surface area contributed by atoms with Gasteiger partial charge in [-0.05, 0) is 0 Å². The minimum Gasteiger partial charge on any atom is -0.356 e. The predicted molar refractivity (Wildman–Crippen MR) is 22.8 cm³/mol. The molecular formula is C4H5N2O. The number of hydrogen-bond acceptors (Lipinski definition) is 3. The molecule has 0 amide bonds. The van der Waals surface area contributed by atoms with Crippen molar-refractivity contribution in [2.24, 2.45) is 0 Å². The highest BCUT2D eigenvalue weighted by molar-refractivity contribution is 4.93. The number of ether oxygens (including phenoxy) is 1. The van der Waals surface area contributed by atoms with Crippen LogP contribution < -0.4 is 5.32 Å². The van der Waals surface area contributed by atoms with Gasteiger partial charge in [0.05, 0.1) is 12.7 Å². The Balaban J connectivity index is 2.31. The summed E-state index contributed by atoms with van der Waals surface area (Å²) in [5, 5.41) is 10.9. The summed E-state index contributed by atoms with van der Waals surface area (Å²) in [6.45, 7) is 1.92. The van der Waals surface area contributed by atoms with E-state index in [1.165, 1.54) is 6.73 Å². The Bertz CT molecular complexity index is 90.4. The highest BCUT2D eigenvalue weighted by Gasteiger charge is 2.12. The van der Waals surface area contributed by atoms with Gasteiger partial charge in [0.25, 0.3) is 0 Å². The first-order valence-electron chi connectivity index (χ1n) is 2.02. The molecule has 1 aliphatic rings. The molecule has 1 heterocycles. The fraction of sp³-hybridized carbons (Fsp3) is 0.500. The second-order valence-electron chi connectivity index (χ2n) is 1.30. The maximum Gasteiger partial charge on any atom is 0.149 e. The second kappa shape index (κ2) is 1.92. The van der Waals surface area contributed by atoms with Crippen LogP contribution in [0, 0.1) is 18.1 Å². The van der Waals surface area contributed by atoms with Crippen LogP contribution in [0.1, 0.15) is 0 Å². The Morgan fingerprint density at radius 2 is 2.86 bits per heavy atom. The summed E-state index contributed by atoms with van der Waals surface area (Å²) in [4.78, 5) is 0. The van der Waals surface area contributed by atoms with Crippen LogP contribution in [-0.4, -0.2) is 12.6 Å². The average Bonchev–Trinajstić information content (AvgIpc) is 2.14. The maximum absolute atomic E-state index is 8.15. The van der Waals surface area contributed by atoms with Crippen molar-refractivity contribution in [1.82, 2.24) is 5.32 Å². The number of nitrogens with one attached hydrogen (secondary N) is 1. The van der Waals surface area contributed by atoms with Crippen LogP contribution in [-0.2, 0) is 4.74 Å². The van der Waals surface area contributed by atoms with Gasteiger partial charge in [-0.2, -0.15) is 5.26 Å². The van der Waals surface area contributed by atoms with Gasteiger partial charge in [-0.25, -0.2) is 0 Å². The molecule has 0 aromatic heterocycles. The van der Waals surface area contributed by atoms with Crippen LogP contribution in [0.25, 0.3) is 0 Å². The summed E-state index contributed by atoms with van der Waals surface area (Å²) < 4.78 is 4.69. The molecule has 1 saturated heterocycles. The first-order chi connectivity index (χ1) is 3.43. The molecule has 1 N–H and O–H groups in total. The number of nitriles is 1. The lowest BCUT2D eigenvalue weighted by Crippen LogP contribution is -2.18. The van der Waals surface area contributed by atoms with Crippen molar-refractivity contribution in [2.75, 3.05) is 6.61 Å². The van der Waals surface area contributed by atoms with E-state index in [2.05, 4.69) is 10.1 Å². The van der Waals surface area contributed by atoms with Crippen LogP contribution in [0.2, 0.25) is 0 Å². The number of nitrogens with zero attached hydrogens (tertiary/aromatic N) is 1. The Morgan fingerprint density at radius 1 is 2.00 bits per heavy atom. The van der Waals surface area contributed by atoms with Crippen molar-refractivity contribution in [1.29, 1.82) is 5.26 Å². The molecule has 1 aliphatic heterocycles. The van der Waals surface area contributed by atoms with Crippen LogP contribution in [0.4, 0.5) is 0 Å². The first kappa shape index (κ1) is 4.57. The Kier molecular flexibility index (Phi) is 1.25.